The van der Waals surface area contributed by atoms with Crippen LogP contribution in [0.25, 0.3) is 0 Å². The molecule has 0 bridgehead atoms. The van der Waals surface area contributed by atoms with Gasteiger partial charge in [0.05, 0.1) is 21.3 Å². The molecule has 0 spiro atoms. The monoisotopic (exact) mass is 269 g/mol. The maximum atomic E-state index is 14.6. The van der Waals surface area contributed by atoms with Crippen molar-refractivity contribution >= 4 is 0 Å². The average molecular weight is 269 g/mol. The summed E-state index contributed by atoms with van der Waals surface area (Å²) in [5.41, 5.74) is 6.13. The predicted molar refractivity (Wildman–Crippen MR) is 70.6 cm³/mol. The molecule has 0 aromatic heterocycles. The lowest BCUT2D eigenvalue weighted by Crippen LogP contribution is -2.33. The van der Waals surface area contributed by atoms with Gasteiger partial charge in [0.1, 0.15) is 0 Å². The summed E-state index contributed by atoms with van der Waals surface area (Å²) in [5.74, 6) is 0.618. The summed E-state index contributed by atoms with van der Waals surface area (Å²) in [4.78, 5) is 0. The van der Waals surface area contributed by atoms with Crippen molar-refractivity contribution in [3.05, 3.63) is 17.4 Å². The molecule has 1 aliphatic carbocycles. The largest absolute Gasteiger partial charge is 0.494 e. The summed E-state index contributed by atoms with van der Waals surface area (Å²) in [6, 6.07) is 1.34. The van der Waals surface area contributed by atoms with E-state index in [2.05, 4.69) is 0 Å². The number of nitrogens with two attached hydrogens (primary N) is 1. The molecular weight excluding hydrogens is 249 g/mol. The van der Waals surface area contributed by atoms with Crippen LogP contribution in [-0.2, 0) is 5.41 Å². The molecule has 0 saturated heterocycles. The molecule has 5 heteroatoms. The molecule has 4 nitrogen and oxygen atoms in total. The summed E-state index contributed by atoms with van der Waals surface area (Å²) in [7, 11) is 4.45. The Morgan fingerprint density at radius 1 is 1.16 bits per heavy atom. The summed E-state index contributed by atoms with van der Waals surface area (Å²) < 4.78 is 30.3. The summed E-state index contributed by atoms with van der Waals surface area (Å²) in [6.07, 6.45) is 1.68. The van der Waals surface area contributed by atoms with Gasteiger partial charge in [-0.05, 0) is 19.8 Å². The van der Waals surface area contributed by atoms with Gasteiger partial charge in [0.2, 0.25) is 0 Å². The van der Waals surface area contributed by atoms with Crippen LogP contribution in [0.2, 0.25) is 0 Å². The lowest BCUT2D eigenvalue weighted by molar-refractivity contribution is 0.326. The van der Waals surface area contributed by atoms with E-state index in [-0.39, 0.29) is 17.2 Å². The van der Waals surface area contributed by atoms with Crippen LogP contribution < -0.4 is 19.9 Å². The molecule has 19 heavy (non-hydrogen) atoms. The van der Waals surface area contributed by atoms with Gasteiger partial charge in [0.15, 0.2) is 23.1 Å². The Morgan fingerprint density at radius 3 is 2.11 bits per heavy atom. The third-order valence-corrected chi connectivity index (χ3v) is 3.95. The number of ether oxygens (including phenoxy) is 3. The molecule has 2 N–H and O–H groups in total. The number of methoxy groups -OCH3 is 3. The fourth-order valence-electron chi connectivity index (χ4n) is 2.61. The smallest absolute Gasteiger partial charge is 0.172 e. The van der Waals surface area contributed by atoms with Crippen molar-refractivity contribution in [1.82, 2.24) is 0 Å². The van der Waals surface area contributed by atoms with E-state index in [4.69, 9.17) is 19.9 Å². The first-order chi connectivity index (χ1) is 9.01. The molecule has 106 valence electrons. The predicted octanol–water partition coefficient (Wildman–Crippen LogP) is 2.23. The van der Waals surface area contributed by atoms with Crippen LogP contribution in [0.15, 0.2) is 6.07 Å². The molecule has 1 saturated carbocycles. The molecule has 0 amide bonds. The van der Waals surface area contributed by atoms with E-state index < -0.39 is 5.82 Å². The Balaban J connectivity index is 2.69. The molecule has 1 unspecified atom stereocenters. The second-order valence-electron chi connectivity index (χ2n) is 4.95. The molecule has 1 aliphatic rings. The molecule has 1 aromatic rings. The highest BCUT2D eigenvalue weighted by Crippen LogP contribution is 2.57. The van der Waals surface area contributed by atoms with Crippen molar-refractivity contribution in [2.24, 2.45) is 5.73 Å². The fraction of sp³-hybridized carbons (Fsp3) is 0.571. The van der Waals surface area contributed by atoms with Gasteiger partial charge < -0.3 is 19.9 Å². The third-order valence-electron chi connectivity index (χ3n) is 3.95. The number of benzene rings is 1. The van der Waals surface area contributed by atoms with Crippen molar-refractivity contribution in [2.75, 3.05) is 21.3 Å². The molecule has 0 heterocycles. The van der Waals surface area contributed by atoms with Gasteiger partial charge in [-0.15, -0.1) is 0 Å². The number of hydrogen-bond donors (Lipinski definition) is 1. The third kappa shape index (κ3) is 2.02. The SMILES string of the molecule is COc1cc(OC)c(OC)c(C2(C(C)N)CC2)c1F. The summed E-state index contributed by atoms with van der Waals surface area (Å²) in [5, 5.41) is 0. The van der Waals surface area contributed by atoms with Crippen molar-refractivity contribution in [3.8, 4) is 17.2 Å². The highest BCUT2D eigenvalue weighted by atomic mass is 19.1. The quantitative estimate of drug-likeness (QED) is 0.890. The van der Waals surface area contributed by atoms with Gasteiger partial charge >= 0.3 is 0 Å². The van der Waals surface area contributed by atoms with Crippen molar-refractivity contribution in [3.63, 3.8) is 0 Å². The van der Waals surface area contributed by atoms with Crippen LogP contribution in [0.1, 0.15) is 25.3 Å². The minimum atomic E-state index is -0.407. The minimum absolute atomic E-state index is 0.152. The molecule has 1 atom stereocenters. The zero-order valence-corrected chi connectivity index (χ0v) is 11.7. The Labute approximate surface area is 112 Å². The second-order valence-corrected chi connectivity index (χ2v) is 4.95. The highest BCUT2D eigenvalue weighted by Gasteiger charge is 2.52. The molecule has 0 aliphatic heterocycles. The standard InChI is InChI=1S/C14H20FNO3/c1-8(16)14(5-6-14)11-12(15)9(17-2)7-10(18-3)13(11)19-4/h7-8H,5-6,16H2,1-4H3. The van der Waals surface area contributed by atoms with Crippen LogP contribution >= 0.6 is 0 Å². The van der Waals surface area contributed by atoms with E-state index >= 15 is 0 Å². The van der Waals surface area contributed by atoms with Gasteiger partial charge in [-0.3, -0.25) is 0 Å². The topological polar surface area (TPSA) is 53.7 Å². The van der Waals surface area contributed by atoms with Gasteiger partial charge in [-0.2, -0.15) is 0 Å². The Bertz CT molecular complexity index is 484. The van der Waals surface area contributed by atoms with Gasteiger partial charge in [-0.25, -0.2) is 4.39 Å². The van der Waals surface area contributed by atoms with Gasteiger partial charge in [-0.1, -0.05) is 0 Å². The lowest BCUT2D eigenvalue weighted by atomic mass is 9.87. The van der Waals surface area contributed by atoms with Crippen molar-refractivity contribution in [2.45, 2.75) is 31.2 Å². The van der Waals surface area contributed by atoms with Crippen LogP contribution in [0, 0.1) is 5.82 Å². The maximum Gasteiger partial charge on any atom is 0.172 e. The maximum absolute atomic E-state index is 14.6. The zero-order chi connectivity index (χ0) is 14.2. The lowest BCUT2D eigenvalue weighted by Gasteiger charge is -2.25. The number of rotatable bonds is 5. The van der Waals surface area contributed by atoms with Crippen LogP contribution in [0.4, 0.5) is 4.39 Å². The zero-order valence-electron chi connectivity index (χ0n) is 11.7. The fourth-order valence-corrected chi connectivity index (χ4v) is 2.61. The van der Waals surface area contributed by atoms with Crippen molar-refractivity contribution in [1.29, 1.82) is 0 Å². The summed E-state index contributed by atoms with van der Waals surface area (Å²) >= 11 is 0. The van der Waals surface area contributed by atoms with Crippen LogP contribution in [-0.4, -0.2) is 27.4 Å². The average Bonchev–Trinajstić information content (AvgIpc) is 3.19. The molecule has 0 radical (unpaired) electrons. The van der Waals surface area contributed by atoms with E-state index in [1.807, 2.05) is 6.92 Å². The number of halogens is 1. The highest BCUT2D eigenvalue weighted by molar-refractivity contribution is 5.58. The van der Waals surface area contributed by atoms with E-state index in [9.17, 15) is 4.39 Å². The van der Waals surface area contributed by atoms with Crippen molar-refractivity contribution < 1.29 is 18.6 Å². The second kappa shape index (κ2) is 4.89. The van der Waals surface area contributed by atoms with E-state index in [0.29, 0.717) is 17.1 Å². The van der Waals surface area contributed by atoms with Crippen LogP contribution in [0.5, 0.6) is 17.2 Å². The van der Waals surface area contributed by atoms with E-state index in [1.165, 1.54) is 27.4 Å². The van der Waals surface area contributed by atoms with E-state index in [0.717, 1.165) is 12.8 Å². The molecular formula is C14H20FNO3. The van der Waals surface area contributed by atoms with Gasteiger partial charge in [0, 0.05) is 23.1 Å². The minimum Gasteiger partial charge on any atom is -0.494 e. The van der Waals surface area contributed by atoms with Crippen LogP contribution in [0.3, 0.4) is 0 Å². The van der Waals surface area contributed by atoms with E-state index in [1.54, 1.807) is 0 Å². The first kappa shape index (κ1) is 13.9. The van der Waals surface area contributed by atoms with Gasteiger partial charge in [0.25, 0.3) is 0 Å². The summed E-state index contributed by atoms with van der Waals surface area (Å²) in [6.45, 7) is 1.89. The Kier molecular flexibility index (Phi) is 3.58. The normalized spacial score (nSPS) is 17.8. The first-order valence-corrected chi connectivity index (χ1v) is 6.26. The molecule has 2 rings (SSSR count). The Hall–Kier alpha value is -1.49. The number of hydrogen-bond acceptors (Lipinski definition) is 4. The Morgan fingerprint density at radius 2 is 1.74 bits per heavy atom. The molecule has 1 fully saturated rings. The molecule has 1 aromatic carbocycles. The first-order valence-electron chi connectivity index (χ1n) is 6.26.